The molecule has 1 amide bonds. The summed E-state index contributed by atoms with van der Waals surface area (Å²) in [6.07, 6.45) is 4.21. The number of nitrogens with zero attached hydrogens (tertiary/aromatic N) is 1. The lowest BCUT2D eigenvalue weighted by molar-refractivity contribution is -0.146. The Bertz CT molecular complexity index is 814. The van der Waals surface area contributed by atoms with Gasteiger partial charge >= 0.3 is 5.97 Å². The number of hydrogen-bond acceptors (Lipinski definition) is 4. The van der Waals surface area contributed by atoms with E-state index in [1.54, 1.807) is 25.1 Å². The number of sulfonamides is 1. The Balaban J connectivity index is 2.29. The van der Waals surface area contributed by atoms with Gasteiger partial charge in [0, 0.05) is 19.8 Å². The molecule has 0 fully saturated rings. The molecule has 136 valence electrons. The molecule has 25 heavy (non-hydrogen) atoms. The first kappa shape index (κ1) is 19.1. The van der Waals surface area contributed by atoms with Gasteiger partial charge in [0.2, 0.25) is 15.9 Å². The number of carboxylic acids is 1. The maximum atomic E-state index is 12.6. The molecule has 0 heterocycles. The van der Waals surface area contributed by atoms with Crippen LogP contribution in [0.2, 0.25) is 0 Å². The van der Waals surface area contributed by atoms with Crippen LogP contribution in [0.5, 0.6) is 0 Å². The van der Waals surface area contributed by atoms with E-state index >= 15 is 0 Å². The Morgan fingerprint density at radius 2 is 1.76 bits per heavy atom. The molecule has 1 aromatic rings. The Kier molecular flexibility index (Phi) is 5.64. The number of amides is 1. The number of benzene rings is 1. The molecule has 0 unspecified atom stereocenters. The van der Waals surface area contributed by atoms with Crippen molar-refractivity contribution in [3.63, 3.8) is 0 Å². The molecule has 0 saturated carbocycles. The van der Waals surface area contributed by atoms with Crippen molar-refractivity contribution in [1.29, 1.82) is 0 Å². The Hall–Kier alpha value is -2.19. The zero-order valence-corrected chi connectivity index (χ0v) is 15.2. The van der Waals surface area contributed by atoms with Gasteiger partial charge in [-0.25, -0.2) is 12.7 Å². The first-order chi connectivity index (χ1) is 11.6. The molecule has 0 radical (unpaired) electrons. The van der Waals surface area contributed by atoms with Crippen LogP contribution in [0, 0.1) is 18.8 Å². The highest BCUT2D eigenvalue weighted by Gasteiger charge is 2.34. The normalized spacial score (nSPS) is 20.5. The standard InChI is InChI=1S/C17H22N2O5S/c1-11-8-9-12(25(23,24)19(2)3)10-15(11)18-16(20)13-6-4-5-7-14(13)17(21)22/h4-5,8-10,13-14H,6-7H2,1-3H3,(H,18,20)(H,21,22)/t13-,14+/m1/s1. The number of allylic oxidation sites excluding steroid dienone is 2. The van der Waals surface area contributed by atoms with Crippen molar-refractivity contribution in [1.82, 2.24) is 4.31 Å². The van der Waals surface area contributed by atoms with Crippen LogP contribution in [0.1, 0.15) is 18.4 Å². The van der Waals surface area contributed by atoms with Crippen molar-refractivity contribution in [2.75, 3.05) is 19.4 Å². The van der Waals surface area contributed by atoms with E-state index < -0.39 is 33.7 Å². The predicted molar refractivity (Wildman–Crippen MR) is 93.7 cm³/mol. The first-order valence-corrected chi connectivity index (χ1v) is 9.30. The van der Waals surface area contributed by atoms with Gasteiger partial charge in [0.1, 0.15) is 0 Å². The number of nitrogens with one attached hydrogen (secondary N) is 1. The van der Waals surface area contributed by atoms with Gasteiger partial charge in [-0.15, -0.1) is 0 Å². The van der Waals surface area contributed by atoms with Crippen molar-refractivity contribution >= 4 is 27.6 Å². The largest absolute Gasteiger partial charge is 0.481 e. The van der Waals surface area contributed by atoms with Gasteiger partial charge in [0.25, 0.3) is 0 Å². The minimum atomic E-state index is -3.62. The maximum Gasteiger partial charge on any atom is 0.307 e. The summed E-state index contributed by atoms with van der Waals surface area (Å²) in [6.45, 7) is 1.75. The molecule has 0 bridgehead atoms. The van der Waals surface area contributed by atoms with E-state index in [1.807, 2.05) is 0 Å². The SMILES string of the molecule is Cc1ccc(S(=O)(=O)N(C)C)cc1NC(=O)[C@@H]1CC=CC[C@@H]1C(=O)O. The van der Waals surface area contributed by atoms with Crippen molar-refractivity contribution in [2.45, 2.75) is 24.7 Å². The molecule has 0 aromatic heterocycles. The minimum absolute atomic E-state index is 0.0664. The molecule has 1 aliphatic carbocycles. The summed E-state index contributed by atoms with van der Waals surface area (Å²) >= 11 is 0. The monoisotopic (exact) mass is 366 g/mol. The van der Waals surface area contributed by atoms with Gasteiger partial charge in [-0.3, -0.25) is 9.59 Å². The van der Waals surface area contributed by atoms with Crippen LogP contribution >= 0.6 is 0 Å². The molecule has 0 saturated heterocycles. The average Bonchev–Trinajstić information content (AvgIpc) is 2.56. The fourth-order valence-electron chi connectivity index (χ4n) is 2.71. The topological polar surface area (TPSA) is 104 Å². The number of hydrogen-bond donors (Lipinski definition) is 2. The quantitative estimate of drug-likeness (QED) is 0.774. The van der Waals surface area contributed by atoms with Gasteiger partial charge in [-0.1, -0.05) is 18.2 Å². The van der Waals surface area contributed by atoms with Crippen LogP contribution in [0.25, 0.3) is 0 Å². The second kappa shape index (κ2) is 7.37. The van der Waals surface area contributed by atoms with Crippen molar-refractivity contribution in [2.24, 2.45) is 11.8 Å². The van der Waals surface area contributed by atoms with E-state index in [-0.39, 0.29) is 4.90 Å². The van der Waals surface area contributed by atoms with Gasteiger partial charge in [0.15, 0.2) is 0 Å². The van der Waals surface area contributed by atoms with Crippen LogP contribution in [-0.2, 0) is 19.6 Å². The zero-order chi connectivity index (χ0) is 18.8. The smallest absolute Gasteiger partial charge is 0.307 e. The highest BCUT2D eigenvalue weighted by Crippen LogP contribution is 2.28. The fraction of sp³-hybridized carbons (Fsp3) is 0.412. The predicted octanol–water partition coefficient (Wildman–Crippen LogP) is 1.85. The van der Waals surface area contributed by atoms with E-state index in [0.29, 0.717) is 24.1 Å². The lowest BCUT2D eigenvalue weighted by Crippen LogP contribution is -2.35. The van der Waals surface area contributed by atoms with Crippen molar-refractivity contribution in [3.05, 3.63) is 35.9 Å². The highest BCUT2D eigenvalue weighted by atomic mass is 32.2. The number of aryl methyl sites for hydroxylation is 1. The summed E-state index contributed by atoms with van der Waals surface area (Å²) < 4.78 is 25.6. The van der Waals surface area contributed by atoms with E-state index in [9.17, 15) is 23.1 Å². The lowest BCUT2D eigenvalue weighted by Gasteiger charge is -2.24. The van der Waals surface area contributed by atoms with Gasteiger partial charge in [-0.2, -0.15) is 0 Å². The number of carbonyl (C=O) groups is 2. The number of anilines is 1. The van der Waals surface area contributed by atoms with E-state index in [1.165, 1.54) is 26.2 Å². The second-order valence-corrected chi connectivity index (χ2v) is 8.40. The van der Waals surface area contributed by atoms with Crippen molar-refractivity contribution in [3.8, 4) is 0 Å². The fourth-order valence-corrected chi connectivity index (χ4v) is 3.64. The third-order valence-corrected chi connectivity index (χ3v) is 6.14. The number of carbonyl (C=O) groups excluding carboxylic acids is 1. The molecule has 8 heteroatoms. The molecule has 1 aliphatic rings. The number of aliphatic carboxylic acids is 1. The summed E-state index contributed by atoms with van der Waals surface area (Å²) in [5.74, 6) is -2.89. The zero-order valence-electron chi connectivity index (χ0n) is 14.4. The average molecular weight is 366 g/mol. The Morgan fingerprint density at radius 3 is 2.32 bits per heavy atom. The molecule has 7 nitrogen and oxygen atoms in total. The third-order valence-electron chi connectivity index (χ3n) is 4.33. The molecule has 1 aromatic carbocycles. The molecule has 0 spiro atoms. The van der Waals surface area contributed by atoms with Crippen molar-refractivity contribution < 1.29 is 23.1 Å². The maximum absolute atomic E-state index is 12.6. The molecule has 0 aliphatic heterocycles. The van der Waals surface area contributed by atoms with E-state index in [4.69, 9.17) is 0 Å². The first-order valence-electron chi connectivity index (χ1n) is 7.86. The molecule has 2 atom stereocenters. The summed E-state index contributed by atoms with van der Waals surface area (Å²) in [5, 5.41) is 12.0. The number of carboxylic acid groups (broad SMARTS) is 1. The minimum Gasteiger partial charge on any atom is -0.481 e. The lowest BCUT2D eigenvalue weighted by atomic mass is 9.82. The summed E-state index contributed by atoms with van der Waals surface area (Å²) in [6, 6.07) is 4.49. The third kappa shape index (κ3) is 4.08. The summed E-state index contributed by atoms with van der Waals surface area (Å²) in [5.41, 5.74) is 1.07. The molecular weight excluding hydrogens is 344 g/mol. The Labute approximate surface area is 147 Å². The summed E-state index contributed by atoms with van der Waals surface area (Å²) in [4.78, 5) is 24.0. The van der Waals surface area contributed by atoms with Crippen LogP contribution in [0.15, 0.2) is 35.2 Å². The van der Waals surface area contributed by atoms with Crippen LogP contribution in [-0.4, -0.2) is 43.8 Å². The highest BCUT2D eigenvalue weighted by molar-refractivity contribution is 7.89. The van der Waals surface area contributed by atoms with Gasteiger partial charge < -0.3 is 10.4 Å². The van der Waals surface area contributed by atoms with Gasteiger partial charge in [0.05, 0.1) is 16.7 Å². The van der Waals surface area contributed by atoms with Gasteiger partial charge in [-0.05, 0) is 37.5 Å². The molecular formula is C17H22N2O5S. The van der Waals surface area contributed by atoms with Crippen LogP contribution < -0.4 is 5.32 Å². The summed E-state index contributed by atoms with van der Waals surface area (Å²) in [7, 11) is -0.765. The van der Waals surface area contributed by atoms with Crippen LogP contribution in [0.4, 0.5) is 5.69 Å². The second-order valence-electron chi connectivity index (χ2n) is 6.25. The molecule has 2 N–H and O–H groups in total. The molecule has 2 rings (SSSR count). The number of rotatable bonds is 5. The van der Waals surface area contributed by atoms with Crippen LogP contribution in [0.3, 0.4) is 0 Å². The van der Waals surface area contributed by atoms with E-state index in [2.05, 4.69) is 5.32 Å². The van der Waals surface area contributed by atoms with E-state index in [0.717, 1.165) is 4.31 Å². The Morgan fingerprint density at radius 1 is 1.16 bits per heavy atom.